The number of H-pyrrole nitrogens is 1. The van der Waals surface area contributed by atoms with Gasteiger partial charge in [0.1, 0.15) is 17.3 Å². The van der Waals surface area contributed by atoms with Crippen molar-refractivity contribution in [2.24, 2.45) is 17.8 Å². The number of aromatic nitrogens is 3. The molecule has 7 nitrogen and oxygen atoms in total. The van der Waals surface area contributed by atoms with Crippen LogP contribution in [-0.2, 0) is 4.79 Å². The average Bonchev–Trinajstić information content (AvgIpc) is 3.18. The highest BCUT2D eigenvalue weighted by molar-refractivity contribution is 5.93. The number of nitrogens with zero attached hydrogens (tertiary/aromatic N) is 3. The van der Waals surface area contributed by atoms with Gasteiger partial charge in [-0.3, -0.25) is 9.89 Å². The van der Waals surface area contributed by atoms with E-state index in [0.29, 0.717) is 16.6 Å². The monoisotopic (exact) mass is 423 g/mol. The van der Waals surface area contributed by atoms with E-state index in [-0.39, 0.29) is 28.8 Å². The third-order valence-corrected chi connectivity index (χ3v) is 6.69. The molecule has 3 saturated carbocycles. The fourth-order valence-corrected chi connectivity index (χ4v) is 5.25. The van der Waals surface area contributed by atoms with Crippen molar-refractivity contribution in [1.82, 2.24) is 15.2 Å². The molecule has 3 fully saturated rings. The molecule has 158 valence electrons. The highest BCUT2D eigenvalue weighted by atomic mass is 19.1. The number of carboxylic acids is 1. The van der Waals surface area contributed by atoms with Gasteiger partial charge in [-0.25, -0.2) is 13.8 Å². The van der Waals surface area contributed by atoms with Crippen LogP contribution in [0.15, 0.2) is 24.4 Å². The number of benzene rings is 1. The van der Waals surface area contributed by atoms with Gasteiger partial charge in [0.05, 0.1) is 29.4 Å². The largest absolute Gasteiger partial charge is 0.481 e. The molecule has 0 unspecified atom stereocenters. The first-order valence-corrected chi connectivity index (χ1v) is 10.2. The second-order valence-corrected chi connectivity index (χ2v) is 8.32. The summed E-state index contributed by atoms with van der Waals surface area (Å²) in [5.74, 6) is -2.44. The molecule has 0 radical (unpaired) electrons. The molecule has 9 heteroatoms. The summed E-state index contributed by atoms with van der Waals surface area (Å²) in [5, 5.41) is 29.7. The molecule has 2 atom stereocenters. The van der Waals surface area contributed by atoms with Gasteiger partial charge in [0.25, 0.3) is 0 Å². The highest BCUT2D eigenvalue weighted by Gasteiger charge is 2.47. The van der Waals surface area contributed by atoms with Gasteiger partial charge in [0.2, 0.25) is 0 Å². The minimum absolute atomic E-state index is 0.0423. The maximum Gasteiger partial charge on any atom is 0.308 e. The van der Waals surface area contributed by atoms with Crippen molar-refractivity contribution in [2.45, 2.75) is 31.7 Å². The second-order valence-electron chi connectivity index (χ2n) is 8.32. The van der Waals surface area contributed by atoms with Crippen LogP contribution in [0.5, 0.6) is 0 Å². The van der Waals surface area contributed by atoms with Crippen molar-refractivity contribution in [3.05, 3.63) is 41.6 Å². The fraction of sp³-hybridized carbons (Fsp3) is 0.364. The first-order chi connectivity index (χ1) is 15.0. The molecule has 3 aromatic rings. The Morgan fingerprint density at radius 1 is 1.19 bits per heavy atom. The van der Waals surface area contributed by atoms with Crippen LogP contribution >= 0.6 is 0 Å². The molecule has 0 amide bonds. The quantitative estimate of drug-likeness (QED) is 0.583. The zero-order valence-corrected chi connectivity index (χ0v) is 16.4. The SMILES string of the molecule is N#Cc1cc(F)c(N[C@H]2C3CCC(CC3)[C@@H]2C(=O)O)cc1-c1n[nH]c2ncc(F)cc12. The molecule has 3 aliphatic carbocycles. The number of hydrogen-bond acceptors (Lipinski definition) is 5. The van der Waals surface area contributed by atoms with Crippen molar-refractivity contribution in [3.63, 3.8) is 0 Å². The van der Waals surface area contributed by atoms with E-state index < -0.39 is 29.6 Å². The molecule has 31 heavy (non-hydrogen) atoms. The van der Waals surface area contributed by atoms with Crippen LogP contribution in [-0.4, -0.2) is 32.3 Å². The van der Waals surface area contributed by atoms with Crippen molar-refractivity contribution < 1.29 is 18.7 Å². The number of fused-ring (bicyclic) bond motifs is 4. The summed E-state index contributed by atoms with van der Waals surface area (Å²) >= 11 is 0. The predicted octanol–water partition coefficient (Wildman–Crippen LogP) is 4.08. The van der Waals surface area contributed by atoms with Crippen molar-refractivity contribution in [1.29, 1.82) is 5.26 Å². The topological polar surface area (TPSA) is 115 Å². The van der Waals surface area contributed by atoms with Crippen LogP contribution in [0, 0.1) is 40.7 Å². The summed E-state index contributed by atoms with van der Waals surface area (Å²) in [7, 11) is 0. The first kappa shape index (κ1) is 19.4. The summed E-state index contributed by atoms with van der Waals surface area (Å²) in [4.78, 5) is 15.9. The Balaban J connectivity index is 1.58. The number of rotatable bonds is 4. The van der Waals surface area contributed by atoms with E-state index in [1.807, 2.05) is 6.07 Å². The number of nitrogens with one attached hydrogen (secondary N) is 2. The van der Waals surface area contributed by atoms with Gasteiger partial charge in [-0.1, -0.05) is 0 Å². The molecule has 2 bridgehead atoms. The lowest BCUT2D eigenvalue weighted by molar-refractivity contribution is -0.148. The lowest BCUT2D eigenvalue weighted by Crippen LogP contribution is -2.51. The Labute approximate surface area is 176 Å². The van der Waals surface area contributed by atoms with Crippen molar-refractivity contribution >= 4 is 22.7 Å². The number of carbonyl (C=O) groups is 1. The molecule has 6 rings (SSSR count). The molecule has 3 aliphatic rings. The number of pyridine rings is 1. The van der Waals surface area contributed by atoms with Gasteiger partial charge in [-0.2, -0.15) is 10.4 Å². The second kappa shape index (κ2) is 7.30. The van der Waals surface area contributed by atoms with Gasteiger partial charge in [-0.15, -0.1) is 0 Å². The molecule has 0 spiro atoms. The predicted molar refractivity (Wildman–Crippen MR) is 108 cm³/mol. The van der Waals surface area contributed by atoms with Crippen LogP contribution in [0.1, 0.15) is 31.2 Å². The van der Waals surface area contributed by atoms with E-state index in [1.165, 1.54) is 12.1 Å². The Kier molecular flexibility index (Phi) is 4.58. The van der Waals surface area contributed by atoms with Crippen LogP contribution < -0.4 is 5.32 Å². The standard InChI is InChI=1S/C22H19F2N5O2/c23-13-6-15-20(28-29-21(15)26-9-13)14-7-17(16(24)5-12(14)8-25)27-19-11-3-1-10(2-4-11)18(19)22(30)31/h5-7,9-11,18-19,27H,1-4H2,(H,30,31)(H,26,28,29)/t10?,11?,18-,19-/m0/s1. The molecular weight excluding hydrogens is 404 g/mol. The zero-order chi connectivity index (χ0) is 21.7. The van der Waals surface area contributed by atoms with Gasteiger partial charge >= 0.3 is 5.97 Å². The fourth-order valence-electron chi connectivity index (χ4n) is 5.25. The van der Waals surface area contributed by atoms with E-state index in [4.69, 9.17) is 0 Å². The number of nitriles is 1. The lowest BCUT2D eigenvalue weighted by atomic mass is 9.61. The molecule has 0 saturated heterocycles. The lowest BCUT2D eigenvalue weighted by Gasteiger charge is -2.47. The number of aromatic amines is 1. The van der Waals surface area contributed by atoms with E-state index in [0.717, 1.165) is 37.9 Å². The van der Waals surface area contributed by atoms with E-state index >= 15 is 0 Å². The van der Waals surface area contributed by atoms with Crippen LogP contribution in [0.4, 0.5) is 14.5 Å². The number of aliphatic carboxylic acids is 1. The molecule has 2 heterocycles. The van der Waals surface area contributed by atoms with E-state index in [9.17, 15) is 23.9 Å². The van der Waals surface area contributed by atoms with Crippen LogP contribution in [0.2, 0.25) is 0 Å². The molecule has 3 N–H and O–H groups in total. The number of hydrogen-bond donors (Lipinski definition) is 3. The van der Waals surface area contributed by atoms with Crippen molar-refractivity contribution in [2.75, 3.05) is 5.32 Å². The Hall–Kier alpha value is -3.54. The summed E-state index contributed by atoms with van der Waals surface area (Å²) in [6, 6.07) is 5.37. The van der Waals surface area contributed by atoms with Gasteiger partial charge in [0.15, 0.2) is 5.65 Å². The summed E-state index contributed by atoms with van der Waals surface area (Å²) in [5.41, 5.74) is 1.09. The minimum atomic E-state index is -0.874. The van der Waals surface area contributed by atoms with E-state index in [2.05, 4.69) is 20.5 Å². The molecule has 2 aromatic heterocycles. The van der Waals surface area contributed by atoms with Crippen LogP contribution in [0.3, 0.4) is 0 Å². The zero-order valence-electron chi connectivity index (χ0n) is 16.4. The Morgan fingerprint density at radius 2 is 1.94 bits per heavy atom. The summed E-state index contributed by atoms with van der Waals surface area (Å²) in [6.45, 7) is 0. The summed E-state index contributed by atoms with van der Waals surface area (Å²) in [6.07, 6.45) is 4.62. The van der Waals surface area contributed by atoms with Gasteiger partial charge in [0, 0.05) is 17.0 Å². The maximum atomic E-state index is 14.9. The number of anilines is 1. The first-order valence-electron chi connectivity index (χ1n) is 10.2. The molecular formula is C22H19F2N5O2. The summed E-state index contributed by atoms with van der Waals surface area (Å²) < 4.78 is 28.7. The highest BCUT2D eigenvalue weighted by Crippen LogP contribution is 2.47. The van der Waals surface area contributed by atoms with E-state index in [1.54, 1.807) is 0 Å². The Bertz CT molecular complexity index is 1230. The Morgan fingerprint density at radius 3 is 2.65 bits per heavy atom. The van der Waals surface area contributed by atoms with Crippen LogP contribution in [0.25, 0.3) is 22.3 Å². The van der Waals surface area contributed by atoms with Crippen molar-refractivity contribution in [3.8, 4) is 17.3 Å². The van der Waals surface area contributed by atoms with Gasteiger partial charge in [-0.05, 0) is 55.7 Å². The molecule has 1 aromatic carbocycles. The number of carboxylic acid groups (broad SMARTS) is 1. The number of halogens is 2. The third-order valence-electron chi connectivity index (χ3n) is 6.69. The normalized spacial score (nSPS) is 24.8. The minimum Gasteiger partial charge on any atom is -0.481 e. The smallest absolute Gasteiger partial charge is 0.308 e. The van der Waals surface area contributed by atoms with Gasteiger partial charge < -0.3 is 10.4 Å². The third kappa shape index (κ3) is 3.19. The average molecular weight is 423 g/mol. The molecule has 0 aliphatic heterocycles. The maximum absolute atomic E-state index is 14.9.